The molecular formula is C14H22O9S. The van der Waals surface area contributed by atoms with Crippen LogP contribution >= 0.6 is 0 Å². The minimum atomic E-state index is -3.88. The molecule has 3 aliphatic heterocycles. The number of ether oxygens (including phenoxy) is 5. The van der Waals surface area contributed by atoms with Crippen LogP contribution in [-0.4, -0.2) is 69.3 Å². The molecule has 138 valence electrons. The first kappa shape index (κ1) is 18.0. The standard InChI is InChI=1S/C14H22O9S/c1-13(2)18-6-7(20-13)8-9-10(22-14(3,4)21-9)11(12(15)19-8)23-24(5,16)17/h7-11H,6H2,1-5H3/t7-,8+,9-,10-,11+/m0/s1. The zero-order valence-corrected chi connectivity index (χ0v) is 15.0. The molecule has 0 amide bonds. The minimum Gasteiger partial charge on any atom is -0.455 e. The van der Waals surface area contributed by atoms with Crippen molar-refractivity contribution in [1.29, 1.82) is 0 Å². The van der Waals surface area contributed by atoms with Crippen LogP contribution in [0.25, 0.3) is 0 Å². The predicted molar refractivity (Wildman–Crippen MR) is 78.3 cm³/mol. The van der Waals surface area contributed by atoms with Gasteiger partial charge in [0, 0.05) is 0 Å². The van der Waals surface area contributed by atoms with Gasteiger partial charge in [-0.3, -0.25) is 4.18 Å². The van der Waals surface area contributed by atoms with Crippen molar-refractivity contribution in [3.63, 3.8) is 0 Å². The number of carbonyl (C=O) groups is 1. The van der Waals surface area contributed by atoms with Crippen LogP contribution in [0.3, 0.4) is 0 Å². The summed E-state index contributed by atoms with van der Waals surface area (Å²) in [5, 5.41) is 0. The van der Waals surface area contributed by atoms with E-state index in [0.717, 1.165) is 6.26 Å². The van der Waals surface area contributed by atoms with E-state index in [-0.39, 0.29) is 6.61 Å². The van der Waals surface area contributed by atoms with Gasteiger partial charge >= 0.3 is 5.97 Å². The van der Waals surface area contributed by atoms with E-state index in [1.807, 2.05) is 0 Å². The summed E-state index contributed by atoms with van der Waals surface area (Å²) in [7, 11) is -3.88. The predicted octanol–water partition coefficient (Wildman–Crippen LogP) is -0.0718. The fourth-order valence-corrected chi connectivity index (χ4v) is 3.72. The Hall–Kier alpha value is -0.780. The van der Waals surface area contributed by atoms with Gasteiger partial charge in [-0.25, -0.2) is 4.79 Å². The van der Waals surface area contributed by atoms with Crippen molar-refractivity contribution in [3.05, 3.63) is 0 Å². The molecule has 3 rings (SSSR count). The maximum Gasteiger partial charge on any atom is 0.340 e. The summed E-state index contributed by atoms with van der Waals surface area (Å²) in [5.41, 5.74) is 0. The Morgan fingerprint density at radius 1 is 1.00 bits per heavy atom. The molecule has 3 aliphatic rings. The van der Waals surface area contributed by atoms with E-state index >= 15 is 0 Å². The molecule has 0 unspecified atom stereocenters. The van der Waals surface area contributed by atoms with E-state index in [2.05, 4.69) is 0 Å². The van der Waals surface area contributed by atoms with Crippen molar-refractivity contribution in [1.82, 2.24) is 0 Å². The number of carbonyl (C=O) groups excluding carboxylic acids is 1. The van der Waals surface area contributed by atoms with Gasteiger partial charge in [-0.05, 0) is 27.7 Å². The van der Waals surface area contributed by atoms with Gasteiger partial charge in [-0.2, -0.15) is 8.42 Å². The maximum atomic E-state index is 12.3. The molecule has 0 N–H and O–H groups in total. The third-order valence-electron chi connectivity index (χ3n) is 3.95. The molecule has 0 aromatic rings. The largest absolute Gasteiger partial charge is 0.455 e. The van der Waals surface area contributed by atoms with Crippen molar-refractivity contribution in [3.8, 4) is 0 Å². The molecule has 0 aromatic heterocycles. The van der Waals surface area contributed by atoms with Crippen molar-refractivity contribution < 1.29 is 41.1 Å². The fourth-order valence-electron chi connectivity index (χ4n) is 3.15. The van der Waals surface area contributed by atoms with Gasteiger partial charge in [-0.15, -0.1) is 0 Å². The van der Waals surface area contributed by atoms with Crippen LogP contribution in [0.15, 0.2) is 0 Å². The summed E-state index contributed by atoms with van der Waals surface area (Å²) in [6, 6.07) is 0. The summed E-state index contributed by atoms with van der Waals surface area (Å²) < 4.78 is 56.0. The van der Waals surface area contributed by atoms with Crippen LogP contribution in [0, 0.1) is 0 Å². The molecule has 9 nitrogen and oxygen atoms in total. The molecule has 3 saturated heterocycles. The van der Waals surface area contributed by atoms with Gasteiger partial charge in [0.2, 0.25) is 6.10 Å². The van der Waals surface area contributed by atoms with Gasteiger partial charge in [0.25, 0.3) is 10.1 Å². The summed E-state index contributed by atoms with van der Waals surface area (Å²) in [6.45, 7) is 7.05. The second-order valence-corrected chi connectivity index (χ2v) is 8.66. The average Bonchev–Trinajstić information content (AvgIpc) is 2.90. The van der Waals surface area contributed by atoms with Gasteiger partial charge in [0.15, 0.2) is 17.7 Å². The molecule has 3 heterocycles. The third-order valence-corrected chi connectivity index (χ3v) is 4.50. The highest BCUT2D eigenvalue weighted by Crippen LogP contribution is 2.40. The Labute approximate surface area is 140 Å². The van der Waals surface area contributed by atoms with Gasteiger partial charge in [-0.1, -0.05) is 0 Å². The first-order valence-corrected chi connectivity index (χ1v) is 9.45. The number of cyclic esters (lactones) is 1. The first-order chi connectivity index (χ1) is 10.9. The highest BCUT2D eigenvalue weighted by atomic mass is 32.2. The molecular weight excluding hydrogens is 344 g/mol. The zero-order chi connectivity index (χ0) is 17.9. The van der Waals surface area contributed by atoms with Crippen molar-refractivity contribution in [2.45, 2.75) is 69.8 Å². The molecule has 0 spiro atoms. The van der Waals surface area contributed by atoms with E-state index in [1.54, 1.807) is 27.7 Å². The summed E-state index contributed by atoms with van der Waals surface area (Å²) >= 11 is 0. The van der Waals surface area contributed by atoms with Crippen LogP contribution in [0.2, 0.25) is 0 Å². The van der Waals surface area contributed by atoms with Crippen LogP contribution in [0.4, 0.5) is 0 Å². The molecule has 0 aliphatic carbocycles. The monoisotopic (exact) mass is 366 g/mol. The van der Waals surface area contributed by atoms with Crippen LogP contribution in [0.5, 0.6) is 0 Å². The van der Waals surface area contributed by atoms with Gasteiger partial charge < -0.3 is 23.7 Å². The zero-order valence-electron chi connectivity index (χ0n) is 14.2. The lowest BCUT2D eigenvalue weighted by Gasteiger charge is -2.37. The van der Waals surface area contributed by atoms with Crippen molar-refractivity contribution in [2.75, 3.05) is 12.9 Å². The molecule has 0 aromatic carbocycles. The van der Waals surface area contributed by atoms with Gasteiger partial charge in [0.1, 0.15) is 18.3 Å². The normalized spacial score (nSPS) is 41.0. The van der Waals surface area contributed by atoms with E-state index in [9.17, 15) is 13.2 Å². The van der Waals surface area contributed by atoms with Crippen molar-refractivity contribution >= 4 is 16.1 Å². The maximum absolute atomic E-state index is 12.3. The molecule has 24 heavy (non-hydrogen) atoms. The second-order valence-electron chi connectivity index (χ2n) is 7.05. The number of hydrogen-bond donors (Lipinski definition) is 0. The number of rotatable bonds is 3. The molecule has 0 bridgehead atoms. The van der Waals surface area contributed by atoms with Crippen molar-refractivity contribution in [2.24, 2.45) is 0 Å². The Morgan fingerprint density at radius 2 is 1.62 bits per heavy atom. The summed E-state index contributed by atoms with van der Waals surface area (Å²) in [5.74, 6) is -2.65. The lowest BCUT2D eigenvalue weighted by Crippen LogP contribution is -2.59. The topological polar surface area (TPSA) is 107 Å². The third kappa shape index (κ3) is 3.58. The first-order valence-electron chi connectivity index (χ1n) is 7.63. The van der Waals surface area contributed by atoms with Crippen LogP contribution < -0.4 is 0 Å². The average molecular weight is 366 g/mol. The van der Waals surface area contributed by atoms with E-state index < -0.39 is 58.2 Å². The molecule has 0 radical (unpaired) electrons. The second kappa shape index (κ2) is 5.61. The highest BCUT2D eigenvalue weighted by Gasteiger charge is 2.60. The number of fused-ring (bicyclic) bond motifs is 1. The Bertz CT molecular complexity index is 626. The molecule has 5 atom stereocenters. The number of hydrogen-bond acceptors (Lipinski definition) is 9. The Kier molecular flexibility index (Phi) is 4.22. The van der Waals surface area contributed by atoms with Crippen LogP contribution in [0.1, 0.15) is 27.7 Å². The fraction of sp³-hybridized carbons (Fsp3) is 0.929. The van der Waals surface area contributed by atoms with Gasteiger partial charge in [0.05, 0.1) is 12.9 Å². The summed E-state index contributed by atoms with van der Waals surface area (Å²) in [4.78, 5) is 12.3. The smallest absolute Gasteiger partial charge is 0.340 e. The summed E-state index contributed by atoms with van der Waals surface area (Å²) in [6.07, 6.45) is -3.55. The van der Waals surface area contributed by atoms with E-state index in [4.69, 9.17) is 27.9 Å². The highest BCUT2D eigenvalue weighted by molar-refractivity contribution is 7.86. The molecule has 0 saturated carbocycles. The Morgan fingerprint density at radius 3 is 2.17 bits per heavy atom. The lowest BCUT2D eigenvalue weighted by atomic mass is 9.96. The lowest BCUT2D eigenvalue weighted by molar-refractivity contribution is -0.206. The molecule has 3 fully saturated rings. The Balaban J connectivity index is 1.86. The SMILES string of the molecule is CC1(C)O[C@H]2[C@@H]([C@@H]3COC(C)(C)O3)OC(=O)[C@H](OS(C)(=O)=O)[C@H]2O1. The minimum absolute atomic E-state index is 0.218. The molecule has 10 heteroatoms. The van der Waals surface area contributed by atoms with Crippen LogP contribution in [-0.2, 0) is 42.8 Å². The van der Waals surface area contributed by atoms with E-state index in [1.165, 1.54) is 0 Å². The van der Waals surface area contributed by atoms with E-state index in [0.29, 0.717) is 0 Å². The quantitative estimate of drug-likeness (QED) is 0.501. The number of esters is 1.